The van der Waals surface area contributed by atoms with Crippen LogP contribution >= 0.6 is 15.9 Å². The topological polar surface area (TPSA) is 79.0 Å². The lowest BCUT2D eigenvalue weighted by Gasteiger charge is -2.32. The van der Waals surface area contributed by atoms with Crippen molar-refractivity contribution in [3.63, 3.8) is 0 Å². The Kier molecular flexibility index (Phi) is 3.87. The van der Waals surface area contributed by atoms with E-state index in [2.05, 4.69) is 41.7 Å². The summed E-state index contributed by atoms with van der Waals surface area (Å²) < 4.78 is 18.4. The van der Waals surface area contributed by atoms with Crippen molar-refractivity contribution in [3.8, 4) is 17.4 Å². The van der Waals surface area contributed by atoms with Gasteiger partial charge in [-0.2, -0.15) is 0 Å². The Hall–Kier alpha value is -2.28. The molecular weight excluding hydrogens is 398 g/mol. The number of nitrogens with two attached hydrogens (primary N) is 1. The van der Waals surface area contributed by atoms with Crippen LogP contribution in [0.1, 0.15) is 32.0 Å². The van der Waals surface area contributed by atoms with Crippen LogP contribution in [0.25, 0.3) is 0 Å². The van der Waals surface area contributed by atoms with Crippen molar-refractivity contribution in [1.29, 1.82) is 0 Å². The fourth-order valence-electron chi connectivity index (χ4n) is 3.03. The molecule has 136 valence electrons. The van der Waals surface area contributed by atoms with Gasteiger partial charge >= 0.3 is 0 Å². The molecule has 1 spiro atoms. The summed E-state index contributed by atoms with van der Waals surface area (Å²) in [6.45, 7) is 7.16. The van der Waals surface area contributed by atoms with Crippen LogP contribution in [0, 0.1) is 5.41 Å². The first-order valence-corrected chi connectivity index (χ1v) is 9.16. The maximum Gasteiger partial charge on any atom is 0.283 e. The molecule has 1 atom stereocenters. The maximum atomic E-state index is 6.05. The minimum Gasteiger partial charge on any atom is -0.477 e. The van der Waals surface area contributed by atoms with Gasteiger partial charge in [-0.15, -0.1) is 0 Å². The molecule has 0 saturated carbocycles. The quantitative estimate of drug-likeness (QED) is 0.799. The van der Waals surface area contributed by atoms with Crippen LogP contribution in [0.4, 0.5) is 0 Å². The minimum absolute atomic E-state index is 0.0300. The second kappa shape index (κ2) is 5.87. The molecule has 4 rings (SSSR count). The van der Waals surface area contributed by atoms with Gasteiger partial charge in [0.15, 0.2) is 11.3 Å². The Morgan fingerprint density at radius 3 is 2.69 bits per heavy atom. The highest BCUT2D eigenvalue weighted by Gasteiger charge is 2.48. The molecule has 1 aromatic carbocycles. The summed E-state index contributed by atoms with van der Waals surface area (Å²) >= 11 is 3.52. The van der Waals surface area contributed by atoms with Crippen molar-refractivity contribution in [2.24, 2.45) is 16.1 Å². The third-order valence-corrected chi connectivity index (χ3v) is 4.71. The summed E-state index contributed by atoms with van der Waals surface area (Å²) in [6.07, 6.45) is 0. The lowest BCUT2D eigenvalue weighted by atomic mass is 9.85. The van der Waals surface area contributed by atoms with Gasteiger partial charge in [-0.3, -0.25) is 0 Å². The number of nitrogens with zero attached hydrogens (tertiary/aromatic N) is 2. The first kappa shape index (κ1) is 17.1. The van der Waals surface area contributed by atoms with Crippen LogP contribution in [-0.4, -0.2) is 24.2 Å². The molecule has 6 nitrogen and oxygen atoms in total. The van der Waals surface area contributed by atoms with Gasteiger partial charge in [0.1, 0.15) is 18.1 Å². The zero-order chi connectivity index (χ0) is 18.5. The van der Waals surface area contributed by atoms with E-state index in [-0.39, 0.29) is 18.0 Å². The van der Waals surface area contributed by atoms with Crippen molar-refractivity contribution in [1.82, 2.24) is 4.98 Å². The summed E-state index contributed by atoms with van der Waals surface area (Å²) in [6, 6.07) is 9.61. The van der Waals surface area contributed by atoms with E-state index in [1.807, 2.05) is 30.3 Å². The first-order valence-electron chi connectivity index (χ1n) is 8.37. The molecule has 0 fully saturated rings. The smallest absolute Gasteiger partial charge is 0.283 e. The molecule has 0 saturated heterocycles. The lowest BCUT2D eigenvalue weighted by Crippen LogP contribution is -2.32. The summed E-state index contributed by atoms with van der Waals surface area (Å²) in [5, 5.41) is 0. The predicted molar refractivity (Wildman–Crippen MR) is 102 cm³/mol. The number of benzene rings is 1. The Bertz CT molecular complexity index is 907. The van der Waals surface area contributed by atoms with Crippen molar-refractivity contribution < 1.29 is 14.2 Å². The van der Waals surface area contributed by atoms with Crippen molar-refractivity contribution in [2.75, 3.05) is 13.2 Å². The van der Waals surface area contributed by atoms with Crippen LogP contribution < -0.4 is 15.2 Å². The van der Waals surface area contributed by atoms with Crippen LogP contribution in [0.3, 0.4) is 0 Å². The monoisotopic (exact) mass is 417 g/mol. The molecule has 1 aromatic heterocycles. The van der Waals surface area contributed by atoms with E-state index < -0.39 is 5.54 Å². The van der Waals surface area contributed by atoms with Gasteiger partial charge in [0.05, 0.1) is 6.61 Å². The molecule has 3 heterocycles. The Balaban J connectivity index is 1.83. The molecule has 2 aliphatic rings. The van der Waals surface area contributed by atoms with Crippen LogP contribution in [0.2, 0.25) is 0 Å². The van der Waals surface area contributed by atoms with Gasteiger partial charge in [-0.05, 0) is 29.7 Å². The van der Waals surface area contributed by atoms with E-state index >= 15 is 0 Å². The number of aliphatic imine (C=N–C) groups is 1. The molecule has 0 aliphatic carbocycles. The molecule has 2 aromatic rings. The van der Waals surface area contributed by atoms with Gasteiger partial charge in [0, 0.05) is 16.1 Å². The molecule has 0 bridgehead atoms. The number of hydrogen-bond donors (Lipinski definition) is 1. The van der Waals surface area contributed by atoms with E-state index in [1.54, 1.807) is 0 Å². The molecular formula is C19H20BrN3O3. The number of ether oxygens (including phenoxy) is 3. The van der Waals surface area contributed by atoms with Crippen LogP contribution in [0.5, 0.6) is 17.4 Å². The number of halogens is 1. The highest BCUT2D eigenvalue weighted by molar-refractivity contribution is 9.10. The number of pyridine rings is 1. The normalized spacial score (nSPS) is 20.7. The minimum atomic E-state index is -0.835. The summed E-state index contributed by atoms with van der Waals surface area (Å²) in [7, 11) is 0. The number of hydrogen-bond acceptors (Lipinski definition) is 6. The van der Waals surface area contributed by atoms with E-state index in [9.17, 15) is 0 Å². The number of aromatic nitrogens is 1. The SMILES string of the molecule is CC(C)(C)COc1ccc2c(n1)[C@@]1(COC(N)=N1)c1cc(Br)ccc1O2. The largest absolute Gasteiger partial charge is 0.477 e. The molecule has 0 amide bonds. The summed E-state index contributed by atoms with van der Waals surface area (Å²) in [5.74, 6) is 1.87. The highest BCUT2D eigenvalue weighted by atomic mass is 79.9. The lowest BCUT2D eigenvalue weighted by molar-refractivity contribution is 0.189. The van der Waals surface area contributed by atoms with Gasteiger partial charge in [0.25, 0.3) is 6.02 Å². The van der Waals surface area contributed by atoms with Crippen molar-refractivity contribution >= 4 is 22.0 Å². The number of amidine groups is 1. The first-order chi connectivity index (χ1) is 12.3. The molecule has 7 heteroatoms. The third kappa shape index (κ3) is 2.90. The van der Waals surface area contributed by atoms with E-state index in [0.717, 1.165) is 10.0 Å². The van der Waals surface area contributed by atoms with E-state index in [0.29, 0.717) is 29.7 Å². The van der Waals surface area contributed by atoms with Gasteiger partial charge in [-0.1, -0.05) is 36.7 Å². The fourth-order valence-corrected chi connectivity index (χ4v) is 3.39. The number of fused-ring (bicyclic) bond motifs is 4. The Morgan fingerprint density at radius 2 is 2.00 bits per heavy atom. The second-order valence-corrected chi connectivity index (χ2v) is 8.60. The fraction of sp³-hybridized carbons (Fsp3) is 0.368. The number of rotatable bonds is 2. The Labute approximate surface area is 160 Å². The summed E-state index contributed by atoms with van der Waals surface area (Å²) in [4.78, 5) is 9.32. The van der Waals surface area contributed by atoms with Crippen LogP contribution in [0.15, 0.2) is 39.8 Å². The molecule has 0 radical (unpaired) electrons. The van der Waals surface area contributed by atoms with E-state index in [1.165, 1.54) is 0 Å². The maximum absolute atomic E-state index is 6.05. The van der Waals surface area contributed by atoms with Crippen molar-refractivity contribution in [3.05, 3.63) is 46.1 Å². The van der Waals surface area contributed by atoms with E-state index in [4.69, 9.17) is 24.9 Å². The molecule has 0 unspecified atom stereocenters. The van der Waals surface area contributed by atoms with Gasteiger partial charge in [-0.25, -0.2) is 9.98 Å². The standard InChI is InChI=1S/C19H20BrN3O3/c1-18(2,3)9-24-15-7-6-14-16(22-15)19(10-25-17(21)23-19)12-8-11(20)4-5-13(12)26-14/h4-8H,9-10H2,1-3H3,(H2,21,23)/t19-/m1/s1. The Morgan fingerprint density at radius 1 is 1.23 bits per heavy atom. The highest BCUT2D eigenvalue weighted by Crippen LogP contribution is 2.50. The average Bonchev–Trinajstić information content (AvgIpc) is 2.96. The third-order valence-electron chi connectivity index (χ3n) is 4.21. The summed E-state index contributed by atoms with van der Waals surface area (Å²) in [5.41, 5.74) is 6.57. The van der Waals surface area contributed by atoms with Gasteiger partial charge < -0.3 is 19.9 Å². The van der Waals surface area contributed by atoms with Crippen molar-refractivity contribution in [2.45, 2.75) is 26.3 Å². The molecule has 26 heavy (non-hydrogen) atoms. The molecule has 2 N–H and O–H groups in total. The van der Waals surface area contributed by atoms with Gasteiger partial charge in [0.2, 0.25) is 5.88 Å². The van der Waals surface area contributed by atoms with Crippen LogP contribution in [-0.2, 0) is 10.3 Å². The zero-order valence-corrected chi connectivity index (χ0v) is 16.5. The zero-order valence-electron chi connectivity index (χ0n) is 14.9. The molecule has 2 aliphatic heterocycles. The average molecular weight is 418 g/mol. The second-order valence-electron chi connectivity index (χ2n) is 7.69. The predicted octanol–water partition coefficient (Wildman–Crippen LogP) is 3.96.